The van der Waals surface area contributed by atoms with Gasteiger partial charge in [-0.25, -0.2) is 4.98 Å². The van der Waals surface area contributed by atoms with Crippen LogP contribution in [0.5, 0.6) is 5.75 Å². The molecule has 1 aromatic carbocycles. The minimum Gasteiger partial charge on any atom is -0.496 e. The molecular weight excluding hydrogens is 320 g/mol. The van der Waals surface area contributed by atoms with Crippen LogP contribution in [0, 0.1) is 5.92 Å². The predicted molar refractivity (Wildman–Crippen MR) is 82.7 cm³/mol. The van der Waals surface area contributed by atoms with Crippen molar-refractivity contribution in [1.82, 2.24) is 10.3 Å². The van der Waals surface area contributed by atoms with Gasteiger partial charge in [-0.1, -0.05) is 13.8 Å². The molecule has 0 unspecified atom stereocenters. The molecule has 4 nitrogen and oxygen atoms in total. The van der Waals surface area contributed by atoms with Crippen molar-refractivity contribution in [2.75, 3.05) is 13.7 Å². The highest BCUT2D eigenvalue weighted by atomic mass is 79.9. The zero-order chi connectivity index (χ0) is 14.5. The molecule has 5 heteroatoms. The van der Waals surface area contributed by atoms with Crippen LogP contribution in [0.4, 0.5) is 0 Å². The fourth-order valence-electron chi connectivity index (χ4n) is 1.92. The number of halogens is 1. The first-order chi connectivity index (χ1) is 9.61. The van der Waals surface area contributed by atoms with Crippen LogP contribution >= 0.6 is 15.9 Å². The fraction of sp³-hybridized carbons (Fsp3) is 0.400. The van der Waals surface area contributed by atoms with E-state index in [4.69, 9.17) is 9.15 Å². The molecule has 0 aliphatic carbocycles. The maximum atomic E-state index is 5.52. The topological polar surface area (TPSA) is 47.3 Å². The van der Waals surface area contributed by atoms with E-state index >= 15 is 0 Å². The lowest BCUT2D eigenvalue weighted by molar-refractivity contribution is 0.412. The summed E-state index contributed by atoms with van der Waals surface area (Å²) >= 11 is 3.49. The molecule has 0 bridgehead atoms. The number of aromatic nitrogens is 1. The highest BCUT2D eigenvalue weighted by molar-refractivity contribution is 9.10. The molecule has 0 aliphatic heterocycles. The summed E-state index contributed by atoms with van der Waals surface area (Å²) < 4.78 is 11.7. The van der Waals surface area contributed by atoms with Crippen LogP contribution in [0.3, 0.4) is 0 Å². The van der Waals surface area contributed by atoms with Crippen LogP contribution in [0.15, 0.2) is 33.5 Å². The molecule has 2 aromatic rings. The average molecular weight is 339 g/mol. The van der Waals surface area contributed by atoms with E-state index in [0.717, 1.165) is 33.8 Å². The molecule has 1 N–H and O–H groups in total. The first kappa shape index (κ1) is 15.1. The van der Waals surface area contributed by atoms with Crippen molar-refractivity contribution in [3.8, 4) is 17.1 Å². The number of nitrogens with one attached hydrogen (secondary N) is 1. The van der Waals surface area contributed by atoms with Crippen LogP contribution in [0.25, 0.3) is 11.3 Å². The number of benzene rings is 1. The molecule has 1 aromatic heterocycles. The Bertz CT molecular complexity index is 567. The van der Waals surface area contributed by atoms with Gasteiger partial charge < -0.3 is 14.5 Å². The standard InChI is InChI=1S/C15H19BrN2O2/c1-10(2)7-17-8-13-15(20-9-18-13)11-4-5-14(19-3)12(16)6-11/h4-6,9-10,17H,7-8H2,1-3H3. The summed E-state index contributed by atoms with van der Waals surface area (Å²) in [6.45, 7) is 6.01. The lowest BCUT2D eigenvalue weighted by Crippen LogP contribution is -2.19. The highest BCUT2D eigenvalue weighted by Gasteiger charge is 2.12. The molecule has 20 heavy (non-hydrogen) atoms. The number of oxazole rings is 1. The zero-order valence-corrected chi connectivity index (χ0v) is 13.5. The summed E-state index contributed by atoms with van der Waals surface area (Å²) in [4.78, 5) is 4.29. The van der Waals surface area contributed by atoms with E-state index in [0.29, 0.717) is 12.5 Å². The van der Waals surface area contributed by atoms with Crippen LogP contribution in [0.2, 0.25) is 0 Å². The van der Waals surface area contributed by atoms with E-state index in [1.165, 1.54) is 6.39 Å². The van der Waals surface area contributed by atoms with Gasteiger partial charge in [-0.2, -0.15) is 0 Å². The maximum absolute atomic E-state index is 5.52. The van der Waals surface area contributed by atoms with E-state index in [9.17, 15) is 0 Å². The fourth-order valence-corrected chi connectivity index (χ4v) is 2.46. The number of ether oxygens (including phenoxy) is 1. The van der Waals surface area contributed by atoms with E-state index < -0.39 is 0 Å². The van der Waals surface area contributed by atoms with Crippen LogP contribution in [0.1, 0.15) is 19.5 Å². The highest BCUT2D eigenvalue weighted by Crippen LogP contribution is 2.31. The Balaban J connectivity index is 2.17. The third kappa shape index (κ3) is 3.61. The van der Waals surface area contributed by atoms with E-state index in [2.05, 4.69) is 40.1 Å². The van der Waals surface area contributed by atoms with Gasteiger partial charge in [0.05, 0.1) is 11.6 Å². The summed E-state index contributed by atoms with van der Waals surface area (Å²) in [6, 6.07) is 5.86. The smallest absolute Gasteiger partial charge is 0.181 e. The molecule has 0 aliphatic rings. The summed E-state index contributed by atoms with van der Waals surface area (Å²) in [5.74, 6) is 2.21. The molecule has 0 fully saturated rings. The Morgan fingerprint density at radius 2 is 2.20 bits per heavy atom. The molecule has 0 saturated heterocycles. The lowest BCUT2D eigenvalue weighted by atomic mass is 10.1. The van der Waals surface area contributed by atoms with Gasteiger partial charge in [-0.05, 0) is 46.6 Å². The largest absolute Gasteiger partial charge is 0.496 e. The second-order valence-electron chi connectivity index (χ2n) is 5.00. The Morgan fingerprint density at radius 3 is 2.85 bits per heavy atom. The molecule has 0 saturated carbocycles. The van der Waals surface area contributed by atoms with Crippen molar-refractivity contribution in [3.05, 3.63) is 34.8 Å². The molecule has 0 spiro atoms. The molecule has 2 rings (SSSR count). The third-order valence-electron chi connectivity index (χ3n) is 2.90. The zero-order valence-electron chi connectivity index (χ0n) is 11.9. The average Bonchev–Trinajstić information content (AvgIpc) is 2.86. The quantitative estimate of drug-likeness (QED) is 0.868. The molecule has 1 heterocycles. The van der Waals surface area contributed by atoms with Gasteiger partial charge >= 0.3 is 0 Å². The first-order valence-corrected chi connectivity index (χ1v) is 7.38. The predicted octanol–water partition coefficient (Wildman–Crippen LogP) is 3.86. The van der Waals surface area contributed by atoms with Crippen LogP contribution in [-0.4, -0.2) is 18.6 Å². The SMILES string of the molecule is COc1ccc(-c2ocnc2CNCC(C)C)cc1Br. The van der Waals surface area contributed by atoms with E-state index in [1.807, 2.05) is 18.2 Å². The van der Waals surface area contributed by atoms with Crippen LogP contribution in [-0.2, 0) is 6.54 Å². The number of hydrogen-bond acceptors (Lipinski definition) is 4. The van der Waals surface area contributed by atoms with Gasteiger partial charge in [-0.3, -0.25) is 0 Å². The summed E-state index contributed by atoms with van der Waals surface area (Å²) in [6.07, 6.45) is 1.49. The number of nitrogens with zero attached hydrogens (tertiary/aromatic N) is 1. The van der Waals surface area contributed by atoms with Gasteiger partial charge in [-0.15, -0.1) is 0 Å². The Morgan fingerprint density at radius 1 is 1.40 bits per heavy atom. The van der Waals surface area contributed by atoms with Gasteiger partial charge in [0.15, 0.2) is 12.2 Å². The van der Waals surface area contributed by atoms with Gasteiger partial charge in [0, 0.05) is 12.1 Å². The molecule has 0 amide bonds. The minimum atomic E-state index is 0.612. The van der Waals surface area contributed by atoms with Gasteiger partial charge in [0.25, 0.3) is 0 Å². The van der Waals surface area contributed by atoms with Crippen molar-refractivity contribution in [2.45, 2.75) is 20.4 Å². The molecule has 108 valence electrons. The first-order valence-electron chi connectivity index (χ1n) is 6.58. The van der Waals surface area contributed by atoms with E-state index in [1.54, 1.807) is 7.11 Å². The monoisotopic (exact) mass is 338 g/mol. The Hall–Kier alpha value is -1.33. The second-order valence-corrected chi connectivity index (χ2v) is 5.86. The van der Waals surface area contributed by atoms with Gasteiger partial charge in [0.2, 0.25) is 0 Å². The normalized spacial score (nSPS) is 11.1. The van der Waals surface area contributed by atoms with E-state index in [-0.39, 0.29) is 0 Å². The lowest BCUT2D eigenvalue weighted by Gasteiger charge is -2.08. The molecule has 0 atom stereocenters. The third-order valence-corrected chi connectivity index (χ3v) is 3.52. The van der Waals surface area contributed by atoms with Crippen molar-refractivity contribution in [1.29, 1.82) is 0 Å². The summed E-state index contributed by atoms with van der Waals surface area (Å²) in [5.41, 5.74) is 1.90. The van der Waals surface area contributed by atoms with Gasteiger partial charge in [0.1, 0.15) is 11.4 Å². The van der Waals surface area contributed by atoms with Crippen molar-refractivity contribution >= 4 is 15.9 Å². The second kappa shape index (κ2) is 6.90. The maximum Gasteiger partial charge on any atom is 0.181 e. The van der Waals surface area contributed by atoms with Crippen molar-refractivity contribution in [3.63, 3.8) is 0 Å². The minimum absolute atomic E-state index is 0.612. The van der Waals surface area contributed by atoms with Crippen LogP contribution < -0.4 is 10.1 Å². The number of methoxy groups -OCH3 is 1. The number of hydrogen-bond donors (Lipinski definition) is 1. The van der Waals surface area contributed by atoms with Crippen molar-refractivity contribution in [2.24, 2.45) is 5.92 Å². The summed E-state index contributed by atoms with van der Waals surface area (Å²) in [5, 5.41) is 3.38. The number of rotatable bonds is 6. The summed E-state index contributed by atoms with van der Waals surface area (Å²) in [7, 11) is 1.65. The van der Waals surface area contributed by atoms with Crippen molar-refractivity contribution < 1.29 is 9.15 Å². The Labute approximate surface area is 127 Å². The molecule has 0 radical (unpaired) electrons. The Kier molecular flexibility index (Phi) is 5.20. The molecular formula is C15H19BrN2O2.